The van der Waals surface area contributed by atoms with Crippen molar-refractivity contribution in [1.29, 1.82) is 0 Å². The molecule has 0 amide bonds. The molecule has 0 atom stereocenters. The van der Waals surface area contributed by atoms with Gasteiger partial charge in [0.05, 0.1) is 4.90 Å². The molecule has 1 saturated carbocycles. The number of nitrogens with one attached hydrogen (secondary N) is 2. The third kappa shape index (κ3) is 4.89. The molecule has 5 heteroatoms. The molecule has 112 valence electrons. The zero-order valence-corrected chi connectivity index (χ0v) is 12.9. The molecule has 0 saturated heterocycles. The first-order valence-electron chi connectivity index (χ1n) is 7.44. The summed E-state index contributed by atoms with van der Waals surface area (Å²) in [6.45, 7) is 4.23. The van der Waals surface area contributed by atoms with Crippen molar-refractivity contribution >= 4 is 10.0 Å². The number of aryl methyl sites for hydroxylation is 1. The maximum Gasteiger partial charge on any atom is 0.240 e. The monoisotopic (exact) mass is 296 g/mol. The molecule has 0 radical (unpaired) electrons. The Hall–Kier alpha value is -0.910. The predicted octanol–water partition coefficient (Wildman–Crippen LogP) is 2.06. The summed E-state index contributed by atoms with van der Waals surface area (Å²) in [5, 5.41) is 3.36. The van der Waals surface area contributed by atoms with Crippen LogP contribution >= 0.6 is 0 Å². The fourth-order valence-corrected chi connectivity index (χ4v) is 3.35. The minimum absolute atomic E-state index is 0.157. The Balaban J connectivity index is 1.82. The van der Waals surface area contributed by atoms with Crippen LogP contribution in [0.1, 0.15) is 38.2 Å². The molecule has 1 aromatic carbocycles. The van der Waals surface area contributed by atoms with Crippen molar-refractivity contribution in [3.05, 3.63) is 29.8 Å². The summed E-state index contributed by atoms with van der Waals surface area (Å²) in [5.41, 5.74) is 1.19. The maximum atomic E-state index is 12.0. The second-order valence-corrected chi connectivity index (χ2v) is 7.11. The van der Waals surface area contributed by atoms with Gasteiger partial charge in [-0.2, -0.15) is 0 Å². The molecule has 1 aromatic rings. The van der Waals surface area contributed by atoms with Crippen molar-refractivity contribution in [2.45, 2.75) is 50.0 Å². The van der Waals surface area contributed by atoms with Gasteiger partial charge in [0.15, 0.2) is 0 Å². The summed E-state index contributed by atoms with van der Waals surface area (Å²) in [4.78, 5) is 0.372. The Morgan fingerprint density at radius 3 is 2.45 bits per heavy atom. The van der Waals surface area contributed by atoms with E-state index in [-0.39, 0.29) is 6.04 Å². The molecule has 0 spiro atoms. The molecule has 0 bridgehead atoms. The van der Waals surface area contributed by atoms with Crippen molar-refractivity contribution in [2.24, 2.45) is 0 Å². The lowest BCUT2D eigenvalue weighted by Crippen LogP contribution is -2.25. The highest BCUT2D eigenvalue weighted by Gasteiger charge is 2.27. The van der Waals surface area contributed by atoms with Gasteiger partial charge in [-0.15, -0.1) is 0 Å². The highest BCUT2D eigenvalue weighted by Crippen LogP contribution is 2.22. The number of hydrogen-bond donors (Lipinski definition) is 2. The first-order valence-corrected chi connectivity index (χ1v) is 8.92. The first kappa shape index (κ1) is 15.5. The SMILES string of the molecule is CCCNCCCc1ccc(S(=O)(=O)NC2CC2)cc1. The van der Waals surface area contributed by atoms with Gasteiger partial charge in [-0.1, -0.05) is 19.1 Å². The highest BCUT2D eigenvalue weighted by atomic mass is 32.2. The van der Waals surface area contributed by atoms with Gasteiger partial charge in [0.2, 0.25) is 10.0 Å². The molecule has 1 fully saturated rings. The van der Waals surface area contributed by atoms with Gasteiger partial charge in [-0.05, 0) is 62.9 Å². The van der Waals surface area contributed by atoms with Crippen LogP contribution in [0.25, 0.3) is 0 Å². The van der Waals surface area contributed by atoms with Gasteiger partial charge in [-0.25, -0.2) is 13.1 Å². The lowest BCUT2D eigenvalue weighted by molar-refractivity contribution is 0.581. The van der Waals surface area contributed by atoms with E-state index in [1.165, 1.54) is 5.56 Å². The summed E-state index contributed by atoms with van der Waals surface area (Å²) in [5.74, 6) is 0. The number of sulfonamides is 1. The van der Waals surface area contributed by atoms with E-state index in [1.807, 2.05) is 12.1 Å². The zero-order valence-electron chi connectivity index (χ0n) is 12.1. The normalized spacial score (nSPS) is 15.4. The van der Waals surface area contributed by atoms with Crippen molar-refractivity contribution in [2.75, 3.05) is 13.1 Å². The van der Waals surface area contributed by atoms with Crippen LogP contribution in [0.4, 0.5) is 0 Å². The fourth-order valence-electron chi connectivity index (χ4n) is 2.04. The van der Waals surface area contributed by atoms with Crippen LogP contribution in [0.5, 0.6) is 0 Å². The number of rotatable bonds is 9. The third-order valence-electron chi connectivity index (χ3n) is 3.38. The molecule has 0 heterocycles. The van der Waals surface area contributed by atoms with Crippen LogP contribution in [-0.4, -0.2) is 27.5 Å². The summed E-state index contributed by atoms with van der Waals surface area (Å²) >= 11 is 0. The van der Waals surface area contributed by atoms with Crippen LogP contribution in [0, 0.1) is 0 Å². The predicted molar refractivity (Wildman–Crippen MR) is 81.3 cm³/mol. The van der Waals surface area contributed by atoms with Crippen molar-refractivity contribution in [3.8, 4) is 0 Å². The molecule has 0 unspecified atom stereocenters. The number of benzene rings is 1. The second kappa shape index (κ2) is 7.20. The lowest BCUT2D eigenvalue weighted by atomic mass is 10.1. The summed E-state index contributed by atoms with van der Waals surface area (Å²) < 4.78 is 26.7. The van der Waals surface area contributed by atoms with Gasteiger partial charge in [0.1, 0.15) is 0 Å². The third-order valence-corrected chi connectivity index (χ3v) is 4.92. The fraction of sp³-hybridized carbons (Fsp3) is 0.600. The van der Waals surface area contributed by atoms with Gasteiger partial charge >= 0.3 is 0 Å². The Morgan fingerprint density at radius 2 is 1.85 bits per heavy atom. The molecule has 0 aliphatic heterocycles. The Morgan fingerprint density at radius 1 is 1.15 bits per heavy atom. The second-order valence-electron chi connectivity index (χ2n) is 5.39. The van der Waals surface area contributed by atoms with Crippen molar-refractivity contribution < 1.29 is 8.42 Å². The van der Waals surface area contributed by atoms with E-state index in [2.05, 4.69) is 17.0 Å². The molecule has 4 nitrogen and oxygen atoms in total. The minimum Gasteiger partial charge on any atom is -0.317 e. The average Bonchev–Trinajstić information content (AvgIpc) is 3.22. The van der Waals surface area contributed by atoms with Crippen molar-refractivity contribution in [3.63, 3.8) is 0 Å². The van der Waals surface area contributed by atoms with Gasteiger partial charge in [-0.3, -0.25) is 0 Å². The van der Waals surface area contributed by atoms with E-state index >= 15 is 0 Å². The zero-order chi connectivity index (χ0) is 14.4. The topological polar surface area (TPSA) is 58.2 Å². The molecular weight excluding hydrogens is 272 g/mol. The van der Waals surface area contributed by atoms with Gasteiger partial charge < -0.3 is 5.32 Å². The molecule has 20 heavy (non-hydrogen) atoms. The molecule has 1 aliphatic rings. The number of hydrogen-bond acceptors (Lipinski definition) is 3. The summed E-state index contributed by atoms with van der Waals surface area (Å²) in [6, 6.07) is 7.41. The minimum atomic E-state index is -3.31. The largest absolute Gasteiger partial charge is 0.317 e. The molecule has 2 rings (SSSR count). The van der Waals surface area contributed by atoms with E-state index in [0.717, 1.165) is 45.2 Å². The van der Waals surface area contributed by atoms with Crippen LogP contribution in [0.3, 0.4) is 0 Å². The molecule has 2 N–H and O–H groups in total. The standard InChI is InChI=1S/C15H24N2O2S/c1-2-11-16-12-3-4-13-5-9-15(10-6-13)20(18,19)17-14-7-8-14/h5-6,9-10,14,16-17H,2-4,7-8,11-12H2,1H3. The quantitative estimate of drug-likeness (QED) is 0.686. The summed E-state index contributed by atoms with van der Waals surface area (Å²) in [7, 11) is -3.31. The van der Waals surface area contributed by atoms with E-state index < -0.39 is 10.0 Å². The van der Waals surface area contributed by atoms with Crippen LogP contribution in [-0.2, 0) is 16.4 Å². The molecule has 0 aromatic heterocycles. The molecule has 1 aliphatic carbocycles. The van der Waals surface area contributed by atoms with Crippen LogP contribution in [0.15, 0.2) is 29.2 Å². The Bertz CT molecular complexity index is 507. The van der Waals surface area contributed by atoms with E-state index in [4.69, 9.17) is 0 Å². The first-order chi connectivity index (χ1) is 9.62. The van der Waals surface area contributed by atoms with E-state index in [0.29, 0.717) is 4.90 Å². The van der Waals surface area contributed by atoms with Crippen LogP contribution < -0.4 is 10.0 Å². The maximum absolute atomic E-state index is 12.0. The Labute approximate surface area is 122 Å². The smallest absolute Gasteiger partial charge is 0.240 e. The highest BCUT2D eigenvalue weighted by molar-refractivity contribution is 7.89. The summed E-state index contributed by atoms with van der Waals surface area (Å²) in [6.07, 6.45) is 5.13. The van der Waals surface area contributed by atoms with Crippen molar-refractivity contribution in [1.82, 2.24) is 10.0 Å². The van der Waals surface area contributed by atoms with E-state index in [9.17, 15) is 8.42 Å². The van der Waals surface area contributed by atoms with E-state index in [1.54, 1.807) is 12.1 Å². The average molecular weight is 296 g/mol. The Kier molecular flexibility index (Phi) is 5.57. The van der Waals surface area contributed by atoms with Gasteiger partial charge in [0.25, 0.3) is 0 Å². The molecular formula is C15H24N2O2S. The van der Waals surface area contributed by atoms with Crippen LogP contribution in [0.2, 0.25) is 0 Å². The lowest BCUT2D eigenvalue weighted by Gasteiger charge is -2.07. The van der Waals surface area contributed by atoms with Gasteiger partial charge in [0, 0.05) is 6.04 Å².